The fourth-order valence-corrected chi connectivity index (χ4v) is 6.47. The van der Waals surface area contributed by atoms with E-state index in [2.05, 4.69) is 5.32 Å². The lowest BCUT2D eigenvalue weighted by Crippen LogP contribution is -2.53. The summed E-state index contributed by atoms with van der Waals surface area (Å²) in [4.78, 5) is 29.5. The van der Waals surface area contributed by atoms with E-state index in [-0.39, 0.29) is 29.5 Å². The summed E-state index contributed by atoms with van der Waals surface area (Å²) in [7, 11) is -4.24. The van der Waals surface area contributed by atoms with E-state index in [1.54, 1.807) is 80.6 Å². The van der Waals surface area contributed by atoms with Gasteiger partial charge in [0.1, 0.15) is 18.3 Å². The highest BCUT2D eigenvalue weighted by Crippen LogP contribution is 2.33. The minimum absolute atomic E-state index is 0.0144. The molecule has 4 aromatic rings. The van der Waals surface area contributed by atoms with Crippen molar-refractivity contribution in [2.45, 2.75) is 37.8 Å². The SMILES string of the molecule is CCNC(=O)C(Cc1ccccc1)N(Cc1ccccc1Cl)C(=O)CN(c1ccccc1OCC)S(=O)(=O)c1ccccc1. The number of ether oxygens (including phenoxy) is 1. The maximum absolute atomic E-state index is 14.5. The zero-order valence-electron chi connectivity index (χ0n) is 24.7. The van der Waals surface area contributed by atoms with E-state index in [1.165, 1.54) is 17.0 Å². The molecule has 10 heteroatoms. The Kier molecular flexibility index (Phi) is 11.4. The Labute approximate surface area is 264 Å². The first-order valence-electron chi connectivity index (χ1n) is 14.4. The molecule has 4 aromatic carbocycles. The second-order valence-electron chi connectivity index (χ2n) is 9.94. The highest BCUT2D eigenvalue weighted by molar-refractivity contribution is 7.92. The first kappa shape index (κ1) is 32.6. The number of carbonyl (C=O) groups excluding carboxylic acids is 2. The number of rotatable bonds is 14. The smallest absolute Gasteiger partial charge is 0.264 e. The third kappa shape index (κ3) is 7.98. The molecule has 0 aromatic heterocycles. The van der Waals surface area contributed by atoms with Crippen molar-refractivity contribution >= 4 is 39.1 Å². The maximum atomic E-state index is 14.5. The van der Waals surface area contributed by atoms with Crippen molar-refractivity contribution in [3.63, 3.8) is 0 Å². The predicted octanol–water partition coefficient (Wildman–Crippen LogP) is 5.71. The second-order valence-corrected chi connectivity index (χ2v) is 12.2. The number of halogens is 1. The lowest BCUT2D eigenvalue weighted by atomic mass is 10.0. The minimum Gasteiger partial charge on any atom is -0.492 e. The quantitative estimate of drug-likeness (QED) is 0.192. The van der Waals surface area contributed by atoms with Crippen LogP contribution in [0.2, 0.25) is 5.02 Å². The standard InChI is InChI=1S/C34H36ClN3O5S/c1-3-36-34(40)31(23-26-15-7-5-8-16-26)37(24-27-17-11-12-20-29(27)35)33(39)25-38(30-21-13-14-22-32(30)43-4-2)44(41,42)28-18-9-6-10-19-28/h5-22,31H,3-4,23-25H2,1-2H3,(H,36,40). The molecule has 0 bridgehead atoms. The molecule has 0 spiro atoms. The Morgan fingerprint density at radius 1 is 0.841 bits per heavy atom. The average Bonchev–Trinajstić information content (AvgIpc) is 3.04. The molecule has 1 unspecified atom stereocenters. The van der Waals surface area contributed by atoms with Crippen LogP contribution in [0.4, 0.5) is 5.69 Å². The van der Waals surface area contributed by atoms with Crippen molar-refractivity contribution in [3.05, 3.63) is 125 Å². The summed E-state index contributed by atoms with van der Waals surface area (Å²) in [6, 6.07) is 30.1. The topological polar surface area (TPSA) is 96.0 Å². The summed E-state index contributed by atoms with van der Waals surface area (Å²) in [6.07, 6.45) is 0.212. The molecule has 0 aliphatic rings. The van der Waals surface area contributed by atoms with Crippen LogP contribution in [0.1, 0.15) is 25.0 Å². The van der Waals surface area contributed by atoms with Crippen LogP contribution in [0.3, 0.4) is 0 Å². The molecular formula is C34H36ClN3O5S. The van der Waals surface area contributed by atoms with Gasteiger partial charge in [-0.25, -0.2) is 8.42 Å². The van der Waals surface area contributed by atoms with Crippen LogP contribution in [0.5, 0.6) is 5.75 Å². The average molecular weight is 634 g/mol. The van der Waals surface area contributed by atoms with Gasteiger partial charge in [-0.05, 0) is 55.3 Å². The van der Waals surface area contributed by atoms with Crippen LogP contribution in [-0.4, -0.2) is 50.9 Å². The number of anilines is 1. The molecule has 0 saturated heterocycles. The lowest BCUT2D eigenvalue weighted by molar-refractivity contribution is -0.140. The number of hydrogen-bond donors (Lipinski definition) is 1. The number of likely N-dealkylation sites (N-methyl/N-ethyl adjacent to an activating group) is 1. The molecule has 1 N–H and O–H groups in total. The Morgan fingerprint density at radius 2 is 1.45 bits per heavy atom. The molecule has 44 heavy (non-hydrogen) atoms. The summed E-state index contributed by atoms with van der Waals surface area (Å²) in [5, 5.41) is 3.28. The molecular weight excluding hydrogens is 598 g/mol. The largest absolute Gasteiger partial charge is 0.492 e. The van der Waals surface area contributed by atoms with Crippen molar-refractivity contribution < 1.29 is 22.7 Å². The number of benzene rings is 4. The van der Waals surface area contributed by atoms with Crippen molar-refractivity contribution in [3.8, 4) is 5.75 Å². The van der Waals surface area contributed by atoms with E-state index in [4.69, 9.17) is 16.3 Å². The molecule has 0 aliphatic carbocycles. The van der Waals surface area contributed by atoms with E-state index in [9.17, 15) is 18.0 Å². The number of carbonyl (C=O) groups is 2. The highest BCUT2D eigenvalue weighted by Gasteiger charge is 2.35. The molecule has 1 atom stereocenters. The van der Waals surface area contributed by atoms with Crippen LogP contribution >= 0.6 is 11.6 Å². The molecule has 2 amide bonds. The first-order chi connectivity index (χ1) is 21.3. The van der Waals surface area contributed by atoms with Crippen molar-refractivity contribution in [2.75, 3.05) is 24.0 Å². The first-order valence-corrected chi connectivity index (χ1v) is 16.2. The minimum atomic E-state index is -4.24. The normalized spacial score (nSPS) is 11.8. The Morgan fingerprint density at radius 3 is 2.11 bits per heavy atom. The third-order valence-electron chi connectivity index (χ3n) is 6.96. The molecule has 0 fully saturated rings. The number of nitrogens with one attached hydrogen (secondary N) is 1. The van der Waals surface area contributed by atoms with E-state index in [0.29, 0.717) is 29.5 Å². The Hall–Kier alpha value is -4.34. The van der Waals surface area contributed by atoms with Crippen molar-refractivity contribution in [1.82, 2.24) is 10.2 Å². The summed E-state index contributed by atoms with van der Waals surface area (Å²) in [5.74, 6) is -0.628. The number of hydrogen-bond acceptors (Lipinski definition) is 5. The van der Waals surface area contributed by atoms with Gasteiger partial charge in [0.25, 0.3) is 10.0 Å². The monoisotopic (exact) mass is 633 g/mol. The highest BCUT2D eigenvalue weighted by atomic mass is 35.5. The summed E-state index contributed by atoms with van der Waals surface area (Å²) < 4.78 is 35.1. The van der Waals surface area contributed by atoms with Gasteiger partial charge in [-0.3, -0.25) is 13.9 Å². The van der Waals surface area contributed by atoms with Gasteiger partial charge >= 0.3 is 0 Å². The summed E-state index contributed by atoms with van der Waals surface area (Å²) >= 11 is 6.53. The van der Waals surface area contributed by atoms with E-state index in [1.807, 2.05) is 30.3 Å². The molecule has 4 rings (SSSR count). The molecule has 0 radical (unpaired) electrons. The van der Waals surface area contributed by atoms with Gasteiger partial charge in [0.2, 0.25) is 11.8 Å². The van der Waals surface area contributed by atoms with Crippen LogP contribution < -0.4 is 14.4 Å². The Bertz CT molecular complexity index is 1650. The maximum Gasteiger partial charge on any atom is 0.264 e. The van der Waals surface area contributed by atoms with E-state index < -0.39 is 28.5 Å². The zero-order chi connectivity index (χ0) is 31.5. The molecule has 230 valence electrons. The van der Waals surface area contributed by atoms with E-state index >= 15 is 0 Å². The number of sulfonamides is 1. The van der Waals surface area contributed by atoms with Crippen molar-refractivity contribution in [1.29, 1.82) is 0 Å². The van der Waals surface area contributed by atoms with Crippen LogP contribution in [0, 0.1) is 0 Å². The third-order valence-corrected chi connectivity index (χ3v) is 9.11. The number of nitrogens with zero attached hydrogens (tertiary/aromatic N) is 2. The fourth-order valence-electron chi connectivity index (χ4n) is 4.83. The van der Waals surface area contributed by atoms with Gasteiger partial charge in [-0.1, -0.05) is 90.5 Å². The van der Waals surface area contributed by atoms with Gasteiger partial charge in [0, 0.05) is 24.5 Å². The molecule has 0 saturated carbocycles. The molecule has 0 aliphatic heterocycles. The summed E-state index contributed by atoms with van der Waals surface area (Å²) in [6.45, 7) is 3.64. The Balaban J connectivity index is 1.83. The van der Waals surface area contributed by atoms with Crippen LogP contribution in [0.25, 0.3) is 0 Å². The lowest BCUT2D eigenvalue weighted by Gasteiger charge is -2.34. The predicted molar refractivity (Wildman–Crippen MR) is 173 cm³/mol. The van der Waals surface area contributed by atoms with Gasteiger partial charge in [-0.2, -0.15) is 0 Å². The van der Waals surface area contributed by atoms with Crippen LogP contribution in [0.15, 0.2) is 114 Å². The van der Waals surface area contributed by atoms with E-state index in [0.717, 1.165) is 9.87 Å². The summed E-state index contributed by atoms with van der Waals surface area (Å²) in [5.41, 5.74) is 1.68. The number of para-hydroxylation sites is 2. The van der Waals surface area contributed by atoms with Crippen LogP contribution in [-0.2, 0) is 32.6 Å². The van der Waals surface area contributed by atoms with Gasteiger partial charge in [0.05, 0.1) is 17.2 Å². The molecule has 0 heterocycles. The zero-order valence-corrected chi connectivity index (χ0v) is 26.3. The van der Waals surface area contributed by atoms with Gasteiger partial charge < -0.3 is 15.0 Å². The van der Waals surface area contributed by atoms with Gasteiger partial charge in [-0.15, -0.1) is 0 Å². The fraction of sp³-hybridized carbons (Fsp3) is 0.235. The number of amides is 2. The second kappa shape index (κ2) is 15.4. The van der Waals surface area contributed by atoms with Gasteiger partial charge in [0.15, 0.2) is 0 Å². The molecule has 8 nitrogen and oxygen atoms in total. The van der Waals surface area contributed by atoms with Crippen molar-refractivity contribution in [2.24, 2.45) is 0 Å².